The first kappa shape index (κ1) is 24.5. The minimum Gasteiger partial charge on any atom is -0.497 e. The summed E-state index contributed by atoms with van der Waals surface area (Å²) >= 11 is 0. The molecule has 3 aromatic carbocycles. The highest BCUT2D eigenvalue weighted by Crippen LogP contribution is 2.17. The Hall–Kier alpha value is -3.16. The molecule has 1 N–H and O–H groups in total. The molecule has 0 aliphatic rings. The molecule has 0 bridgehead atoms. The van der Waals surface area contributed by atoms with Crippen molar-refractivity contribution in [3.63, 3.8) is 0 Å². The number of amides is 1. The molecule has 0 fully saturated rings. The summed E-state index contributed by atoms with van der Waals surface area (Å²) in [5, 5.41) is 2.84. The van der Waals surface area contributed by atoms with Crippen LogP contribution in [-0.4, -0.2) is 45.4 Å². The molecule has 0 spiro atoms. The van der Waals surface area contributed by atoms with Crippen LogP contribution in [-0.2, 0) is 27.7 Å². The van der Waals surface area contributed by atoms with Crippen molar-refractivity contribution in [2.75, 3.05) is 26.7 Å². The molecule has 0 atom stereocenters. The minimum absolute atomic E-state index is 0.187. The van der Waals surface area contributed by atoms with Crippen molar-refractivity contribution >= 4 is 15.9 Å². The lowest BCUT2D eigenvalue weighted by molar-refractivity contribution is -0.121. The molecular weight excluding hydrogens is 436 g/mol. The predicted octanol–water partition coefficient (Wildman–Crippen LogP) is 3.60. The van der Waals surface area contributed by atoms with Crippen molar-refractivity contribution in [1.82, 2.24) is 9.62 Å². The van der Waals surface area contributed by atoms with Gasteiger partial charge in [-0.25, -0.2) is 8.42 Å². The summed E-state index contributed by atoms with van der Waals surface area (Å²) in [4.78, 5) is 12.8. The van der Waals surface area contributed by atoms with Crippen molar-refractivity contribution in [1.29, 1.82) is 0 Å². The molecule has 0 aromatic heterocycles. The molecule has 33 heavy (non-hydrogen) atoms. The molecule has 0 radical (unpaired) electrons. The van der Waals surface area contributed by atoms with E-state index in [-0.39, 0.29) is 23.9 Å². The largest absolute Gasteiger partial charge is 0.497 e. The number of nitrogens with one attached hydrogen (secondary N) is 1. The van der Waals surface area contributed by atoms with Gasteiger partial charge in [0.1, 0.15) is 5.75 Å². The first-order valence-corrected chi connectivity index (χ1v) is 12.3. The normalized spacial score (nSPS) is 11.4. The zero-order valence-corrected chi connectivity index (χ0v) is 19.8. The molecule has 0 heterocycles. The van der Waals surface area contributed by atoms with Crippen LogP contribution in [0.25, 0.3) is 0 Å². The Morgan fingerprint density at radius 1 is 0.879 bits per heavy atom. The van der Waals surface area contributed by atoms with Crippen molar-refractivity contribution < 1.29 is 17.9 Å². The van der Waals surface area contributed by atoms with E-state index in [1.54, 1.807) is 31.4 Å². The second-order valence-corrected chi connectivity index (χ2v) is 9.77. The summed E-state index contributed by atoms with van der Waals surface area (Å²) in [5.74, 6) is 0.449. The van der Waals surface area contributed by atoms with Crippen LogP contribution in [0.2, 0.25) is 0 Å². The van der Waals surface area contributed by atoms with Crippen LogP contribution in [0.3, 0.4) is 0 Å². The van der Waals surface area contributed by atoms with Gasteiger partial charge in [0.25, 0.3) is 0 Å². The standard InChI is InChI=1S/C26H30N2O4S/c1-21-8-14-25(15-9-21)33(30,31)28(19-17-22-6-4-3-5-7-22)20-26(29)27-18-16-23-10-12-24(32-2)13-11-23/h3-15H,16-20H2,1-2H3,(H,27,29). The van der Waals surface area contributed by atoms with Crippen LogP contribution in [0, 0.1) is 6.92 Å². The number of hydrogen-bond donors (Lipinski definition) is 1. The molecule has 174 valence electrons. The molecule has 0 saturated heterocycles. The second kappa shape index (κ2) is 11.6. The number of ether oxygens (including phenoxy) is 1. The molecule has 0 aliphatic carbocycles. The molecular formula is C26H30N2O4S. The van der Waals surface area contributed by atoms with Crippen LogP contribution in [0.4, 0.5) is 0 Å². The third kappa shape index (κ3) is 7.17. The average molecular weight is 467 g/mol. The van der Waals surface area contributed by atoms with Crippen molar-refractivity contribution in [3.8, 4) is 5.75 Å². The smallest absolute Gasteiger partial charge is 0.243 e. The van der Waals surface area contributed by atoms with Crippen molar-refractivity contribution in [2.45, 2.75) is 24.7 Å². The topological polar surface area (TPSA) is 75.7 Å². The van der Waals surface area contributed by atoms with Gasteiger partial charge in [0.15, 0.2) is 0 Å². The van der Waals surface area contributed by atoms with E-state index in [1.165, 1.54) is 4.31 Å². The predicted molar refractivity (Wildman–Crippen MR) is 130 cm³/mol. The van der Waals surface area contributed by atoms with E-state index in [9.17, 15) is 13.2 Å². The maximum Gasteiger partial charge on any atom is 0.243 e. The Labute approximate surface area is 196 Å². The van der Waals surface area contributed by atoms with Gasteiger partial charge >= 0.3 is 0 Å². The number of sulfonamides is 1. The number of nitrogens with zero attached hydrogens (tertiary/aromatic N) is 1. The van der Waals surface area contributed by atoms with Crippen LogP contribution in [0.5, 0.6) is 5.75 Å². The van der Waals surface area contributed by atoms with E-state index in [4.69, 9.17) is 4.74 Å². The zero-order chi connectivity index (χ0) is 23.7. The van der Waals surface area contributed by atoms with Gasteiger partial charge in [0.05, 0.1) is 18.6 Å². The summed E-state index contributed by atoms with van der Waals surface area (Å²) in [6.45, 7) is 2.31. The lowest BCUT2D eigenvalue weighted by atomic mass is 10.1. The third-order valence-electron chi connectivity index (χ3n) is 5.37. The van der Waals surface area contributed by atoms with Gasteiger partial charge in [-0.1, -0.05) is 60.2 Å². The van der Waals surface area contributed by atoms with Crippen molar-refractivity contribution in [2.24, 2.45) is 0 Å². The van der Waals surface area contributed by atoms with Gasteiger partial charge < -0.3 is 10.1 Å². The Kier molecular flexibility index (Phi) is 8.63. The van der Waals surface area contributed by atoms with E-state index in [0.29, 0.717) is 19.4 Å². The number of carbonyl (C=O) groups is 1. The maximum absolute atomic E-state index is 13.3. The molecule has 3 aromatic rings. The molecule has 0 unspecified atom stereocenters. The lowest BCUT2D eigenvalue weighted by Crippen LogP contribution is -2.42. The number of methoxy groups -OCH3 is 1. The molecule has 0 saturated carbocycles. The fraction of sp³-hybridized carbons (Fsp3) is 0.269. The van der Waals surface area contributed by atoms with Gasteiger partial charge in [-0.05, 0) is 55.2 Å². The van der Waals surface area contributed by atoms with Gasteiger partial charge in [0, 0.05) is 13.1 Å². The summed E-state index contributed by atoms with van der Waals surface area (Å²) < 4.78 is 33.0. The fourth-order valence-corrected chi connectivity index (χ4v) is 4.79. The second-order valence-electron chi connectivity index (χ2n) is 7.84. The van der Waals surface area contributed by atoms with E-state index < -0.39 is 10.0 Å². The number of rotatable bonds is 11. The van der Waals surface area contributed by atoms with Gasteiger partial charge in [-0.2, -0.15) is 4.31 Å². The summed E-state index contributed by atoms with van der Waals surface area (Å²) in [6, 6.07) is 24.0. The van der Waals surface area contributed by atoms with Gasteiger partial charge in [-0.15, -0.1) is 0 Å². The minimum atomic E-state index is -3.81. The summed E-state index contributed by atoms with van der Waals surface area (Å²) in [6.07, 6.45) is 1.16. The maximum atomic E-state index is 13.3. The van der Waals surface area contributed by atoms with E-state index in [2.05, 4.69) is 5.32 Å². The molecule has 3 rings (SSSR count). The van der Waals surface area contributed by atoms with Crippen LogP contribution < -0.4 is 10.1 Å². The molecule has 6 nitrogen and oxygen atoms in total. The average Bonchev–Trinajstić information content (AvgIpc) is 2.83. The number of benzene rings is 3. The molecule has 0 aliphatic heterocycles. The molecule has 7 heteroatoms. The van der Waals surface area contributed by atoms with E-state index in [0.717, 1.165) is 22.4 Å². The fourth-order valence-electron chi connectivity index (χ4n) is 3.40. The highest BCUT2D eigenvalue weighted by atomic mass is 32.2. The monoisotopic (exact) mass is 466 g/mol. The quantitative estimate of drug-likeness (QED) is 0.469. The first-order valence-electron chi connectivity index (χ1n) is 10.9. The van der Waals surface area contributed by atoms with Crippen LogP contribution in [0.15, 0.2) is 83.8 Å². The summed E-state index contributed by atoms with van der Waals surface area (Å²) in [5.41, 5.74) is 3.05. The first-order chi connectivity index (χ1) is 15.9. The van der Waals surface area contributed by atoms with Crippen molar-refractivity contribution in [3.05, 3.63) is 95.6 Å². The lowest BCUT2D eigenvalue weighted by Gasteiger charge is -2.22. The van der Waals surface area contributed by atoms with Crippen LogP contribution >= 0.6 is 0 Å². The number of carbonyl (C=O) groups excluding carboxylic acids is 1. The Bertz CT molecular complexity index is 1130. The Balaban J connectivity index is 1.65. The van der Waals surface area contributed by atoms with E-state index in [1.807, 2.05) is 61.5 Å². The highest BCUT2D eigenvalue weighted by Gasteiger charge is 2.26. The third-order valence-corrected chi connectivity index (χ3v) is 7.23. The SMILES string of the molecule is COc1ccc(CCNC(=O)CN(CCc2ccccc2)S(=O)(=O)c2ccc(C)cc2)cc1. The number of hydrogen-bond acceptors (Lipinski definition) is 4. The Morgan fingerprint density at radius 3 is 2.15 bits per heavy atom. The zero-order valence-electron chi connectivity index (χ0n) is 19.0. The number of aryl methyl sites for hydroxylation is 1. The van der Waals surface area contributed by atoms with E-state index >= 15 is 0 Å². The highest BCUT2D eigenvalue weighted by molar-refractivity contribution is 7.89. The summed E-state index contributed by atoms with van der Waals surface area (Å²) in [7, 11) is -2.19. The Morgan fingerprint density at radius 2 is 1.52 bits per heavy atom. The van der Waals surface area contributed by atoms with Crippen LogP contribution in [0.1, 0.15) is 16.7 Å². The molecule has 1 amide bonds. The van der Waals surface area contributed by atoms with Gasteiger partial charge in [0.2, 0.25) is 15.9 Å². The van der Waals surface area contributed by atoms with Gasteiger partial charge in [-0.3, -0.25) is 4.79 Å².